The van der Waals surface area contributed by atoms with Crippen LogP contribution in [-0.2, 0) is 17.6 Å². The number of aryl methyl sites for hydroxylation is 2. The van der Waals surface area contributed by atoms with Crippen molar-refractivity contribution in [2.45, 2.75) is 19.8 Å². The van der Waals surface area contributed by atoms with Crippen molar-refractivity contribution >= 4 is 33.7 Å². The second-order valence-corrected chi connectivity index (χ2v) is 6.06. The molecule has 0 saturated heterocycles. The van der Waals surface area contributed by atoms with Crippen LogP contribution in [0.5, 0.6) is 0 Å². The predicted molar refractivity (Wildman–Crippen MR) is 83.5 cm³/mol. The van der Waals surface area contributed by atoms with Gasteiger partial charge in [-0.1, -0.05) is 54.2 Å². The molecule has 0 aliphatic heterocycles. The zero-order valence-electron chi connectivity index (χ0n) is 11.0. The Labute approximate surface area is 117 Å². The van der Waals surface area contributed by atoms with Crippen LogP contribution in [-0.4, -0.2) is 10.9 Å². The van der Waals surface area contributed by atoms with Crippen LogP contribution in [0.25, 0.3) is 16.8 Å². The fraction of sp³-hybridized carbons (Fsp3) is 0.235. The number of carbonyl (C=O) groups is 1. The van der Waals surface area contributed by atoms with Crippen LogP contribution < -0.4 is 0 Å². The first-order valence-corrected chi connectivity index (χ1v) is 7.57. The third kappa shape index (κ3) is 2.45. The molecule has 0 radical (unpaired) electrons. The fourth-order valence-corrected chi connectivity index (χ4v) is 3.18. The molecule has 3 rings (SSSR count). The monoisotopic (exact) mass is 268 g/mol. The maximum atomic E-state index is 10.9. The third-order valence-corrected chi connectivity index (χ3v) is 4.36. The molecule has 1 aliphatic carbocycles. The van der Waals surface area contributed by atoms with Crippen LogP contribution in [0, 0.1) is 0 Å². The van der Waals surface area contributed by atoms with E-state index >= 15 is 0 Å². The molecular weight excluding hydrogens is 252 g/mol. The molecule has 0 N–H and O–H groups in total. The molecule has 96 valence electrons. The van der Waals surface area contributed by atoms with Gasteiger partial charge in [-0.05, 0) is 40.3 Å². The Morgan fingerprint density at radius 1 is 1.21 bits per heavy atom. The molecular formula is C17H16OS. The molecule has 1 nitrogen and oxygen atoms in total. The van der Waals surface area contributed by atoms with Gasteiger partial charge in [0, 0.05) is 12.7 Å². The SMILES string of the molecule is CC(=O)SCC=Cc1ccc2c3c(cccc13)CC2. The lowest BCUT2D eigenvalue weighted by atomic mass is 10.00. The Hall–Kier alpha value is -1.54. The first kappa shape index (κ1) is 12.5. The Morgan fingerprint density at radius 2 is 2.00 bits per heavy atom. The lowest BCUT2D eigenvalue weighted by Crippen LogP contribution is -1.84. The molecule has 0 bridgehead atoms. The van der Waals surface area contributed by atoms with Gasteiger partial charge in [-0.2, -0.15) is 0 Å². The summed E-state index contributed by atoms with van der Waals surface area (Å²) in [6.07, 6.45) is 6.54. The second kappa shape index (κ2) is 5.22. The van der Waals surface area contributed by atoms with Gasteiger partial charge in [-0.3, -0.25) is 4.79 Å². The van der Waals surface area contributed by atoms with E-state index in [1.165, 1.54) is 52.1 Å². The lowest BCUT2D eigenvalue weighted by molar-refractivity contribution is -0.109. The third-order valence-electron chi connectivity index (χ3n) is 3.59. The predicted octanol–water partition coefficient (Wildman–Crippen LogP) is 4.23. The molecule has 2 aromatic carbocycles. The summed E-state index contributed by atoms with van der Waals surface area (Å²) in [6, 6.07) is 11.0. The Bertz CT molecular complexity index is 660. The lowest BCUT2D eigenvalue weighted by Gasteiger charge is -2.05. The molecule has 0 unspecified atom stereocenters. The number of carbonyl (C=O) groups excluding carboxylic acids is 1. The molecule has 0 fully saturated rings. The topological polar surface area (TPSA) is 17.1 Å². The molecule has 0 atom stereocenters. The minimum Gasteiger partial charge on any atom is -0.288 e. The van der Waals surface area contributed by atoms with Gasteiger partial charge in [0.05, 0.1) is 0 Å². The number of thioether (sulfide) groups is 1. The molecule has 0 spiro atoms. The highest BCUT2D eigenvalue weighted by Gasteiger charge is 2.14. The van der Waals surface area contributed by atoms with Gasteiger partial charge in [0.1, 0.15) is 0 Å². The maximum Gasteiger partial charge on any atom is 0.186 e. The fourth-order valence-electron chi connectivity index (χ4n) is 2.76. The average molecular weight is 268 g/mol. The van der Waals surface area contributed by atoms with E-state index in [0.29, 0.717) is 0 Å². The summed E-state index contributed by atoms with van der Waals surface area (Å²) in [7, 11) is 0. The van der Waals surface area contributed by atoms with Crippen molar-refractivity contribution in [2.75, 3.05) is 5.75 Å². The quantitative estimate of drug-likeness (QED) is 0.828. The van der Waals surface area contributed by atoms with Crippen molar-refractivity contribution in [2.24, 2.45) is 0 Å². The van der Waals surface area contributed by atoms with E-state index in [1.54, 1.807) is 6.92 Å². The van der Waals surface area contributed by atoms with Crippen LogP contribution >= 0.6 is 11.8 Å². The van der Waals surface area contributed by atoms with E-state index in [9.17, 15) is 4.79 Å². The van der Waals surface area contributed by atoms with E-state index in [2.05, 4.69) is 42.5 Å². The maximum absolute atomic E-state index is 10.9. The standard InChI is InChI=1S/C17H16OS/c1-12(18)19-11-3-5-13-7-8-15-10-9-14-4-2-6-16(13)17(14)15/h2-8H,9-11H2,1H3. The summed E-state index contributed by atoms with van der Waals surface area (Å²) in [6.45, 7) is 1.61. The number of hydrogen-bond acceptors (Lipinski definition) is 2. The molecule has 2 heteroatoms. The highest BCUT2D eigenvalue weighted by molar-refractivity contribution is 8.13. The summed E-state index contributed by atoms with van der Waals surface area (Å²) >= 11 is 1.35. The van der Waals surface area contributed by atoms with Crippen LogP contribution in [0.4, 0.5) is 0 Å². The molecule has 19 heavy (non-hydrogen) atoms. The Kier molecular flexibility index (Phi) is 3.43. The minimum atomic E-state index is 0.171. The van der Waals surface area contributed by atoms with Crippen LogP contribution in [0.2, 0.25) is 0 Å². The summed E-state index contributed by atoms with van der Waals surface area (Å²) < 4.78 is 0. The molecule has 0 aromatic heterocycles. The largest absolute Gasteiger partial charge is 0.288 e. The molecule has 2 aromatic rings. The smallest absolute Gasteiger partial charge is 0.186 e. The van der Waals surface area contributed by atoms with Gasteiger partial charge in [0.2, 0.25) is 0 Å². The van der Waals surface area contributed by atoms with E-state index < -0.39 is 0 Å². The number of hydrogen-bond donors (Lipinski definition) is 0. The van der Waals surface area contributed by atoms with Crippen molar-refractivity contribution in [3.05, 3.63) is 53.1 Å². The molecule has 1 aliphatic rings. The summed E-state index contributed by atoms with van der Waals surface area (Å²) in [5.74, 6) is 0.748. The normalized spacial score (nSPS) is 13.5. The van der Waals surface area contributed by atoms with Gasteiger partial charge in [0.15, 0.2) is 5.12 Å². The van der Waals surface area contributed by atoms with E-state index in [1.807, 2.05) is 0 Å². The van der Waals surface area contributed by atoms with E-state index in [4.69, 9.17) is 0 Å². The Morgan fingerprint density at radius 3 is 2.79 bits per heavy atom. The van der Waals surface area contributed by atoms with Crippen molar-refractivity contribution < 1.29 is 4.79 Å². The minimum absolute atomic E-state index is 0.171. The van der Waals surface area contributed by atoms with Gasteiger partial charge in [-0.15, -0.1) is 0 Å². The van der Waals surface area contributed by atoms with Gasteiger partial charge in [0.25, 0.3) is 0 Å². The summed E-state index contributed by atoms with van der Waals surface area (Å²) in [5, 5.41) is 2.96. The van der Waals surface area contributed by atoms with Crippen molar-refractivity contribution in [1.29, 1.82) is 0 Å². The zero-order chi connectivity index (χ0) is 13.2. The van der Waals surface area contributed by atoms with Gasteiger partial charge in [-0.25, -0.2) is 0 Å². The molecule has 0 saturated carbocycles. The zero-order valence-corrected chi connectivity index (χ0v) is 11.8. The van der Waals surface area contributed by atoms with E-state index in [-0.39, 0.29) is 5.12 Å². The number of rotatable bonds is 3. The number of benzene rings is 2. The Balaban J connectivity index is 1.95. The van der Waals surface area contributed by atoms with Gasteiger partial charge >= 0.3 is 0 Å². The van der Waals surface area contributed by atoms with Crippen LogP contribution in [0.15, 0.2) is 36.4 Å². The first-order valence-electron chi connectivity index (χ1n) is 6.59. The second-order valence-electron chi connectivity index (χ2n) is 4.86. The van der Waals surface area contributed by atoms with Crippen LogP contribution in [0.1, 0.15) is 23.6 Å². The highest BCUT2D eigenvalue weighted by Crippen LogP contribution is 2.33. The highest BCUT2D eigenvalue weighted by atomic mass is 32.2. The molecule has 0 amide bonds. The van der Waals surface area contributed by atoms with E-state index in [0.717, 1.165) is 5.75 Å². The van der Waals surface area contributed by atoms with Crippen molar-refractivity contribution in [1.82, 2.24) is 0 Å². The average Bonchev–Trinajstić information content (AvgIpc) is 2.82. The van der Waals surface area contributed by atoms with Crippen LogP contribution in [0.3, 0.4) is 0 Å². The molecule has 0 heterocycles. The van der Waals surface area contributed by atoms with Crippen molar-refractivity contribution in [3.8, 4) is 0 Å². The van der Waals surface area contributed by atoms with Crippen molar-refractivity contribution in [3.63, 3.8) is 0 Å². The first-order chi connectivity index (χ1) is 9.25. The van der Waals surface area contributed by atoms with Gasteiger partial charge < -0.3 is 0 Å². The summed E-state index contributed by atoms with van der Waals surface area (Å²) in [4.78, 5) is 10.9. The summed E-state index contributed by atoms with van der Waals surface area (Å²) in [5.41, 5.74) is 4.20.